The summed E-state index contributed by atoms with van der Waals surface area (Å²) in [7, 11) is 0. The Labute approximate surface area is 95.1 Å². The lowest BCUT2D eigenvalue weighted by Gasteiger charge is -2.06. The molecule has 0 bridgehead atoms. The molecule has 0 radical (unpaired) electrons. The normalized spacial score (nSPS) is 16.0. The van der Waals surface area contributed by atoms with Gasteiger partial charge in [-0.2, -0.15) is 0 Å². The molecule has 1 aromatic rings. The van der Waals surface area contributed by atoms with Crippen LogP contribution in [-0.4, -0.2) is 5.11 Å². The molecule has 1 nitrogen and oxygen atoms in total. The second kappa shape index (κ2) is 4.83. The molecule has 2 rings (SSSR count). The zero-order chi connectivity index (χ0) is 10.7. The maximum Gasteiger partial charge on any atom is 0.0882 e. The van der Waals surface area contributed by atoms with Gasteiger partial charge in [0.25, 0.3) is 0 Å². The average molecular weight is 220 g/mol. The minimum Gasteiger partial charge on any atom is -0.388 e. The van der Waals surface area contributed by atoms with Gasteiger partial charge in [-0.15, -0.1) is 23.7 Å². The van der Waals surface area contributed by atoms with Crippen molar-refractivity contribution in [2.75, 3.05) is 0 Å². The fourth-order valence-corrected chi connectivity index (χ4v) is 3.33. The van der Waals surface area contributed by atoms with E-state index in [4.69, 9.17) is 6.42 Å². The van der Waals surface area contributed by atoms with Crippen LogP contribution in [0, 0.1) is 12.3 Å². The van der Waals surface area contributed by atoms with Crippen LogP contribution in [-0.2, 0) is 12.8 Å². The van der Waals surface area contributed by atoms with Crippen molar-refractivity contribution in [3.05, 3.63) is 21.4 Å². The second-order valence-electron chi connectivity index (χ2n) is 4.06. The minimum absolute atomic E-state index is 0.297. The molecule has 15 heavy (non-hydrogen) atoms. The largest absolute Gasteiger partial charge is 0.388 e. The molecule has 0 aliphatic heterocycles. The maximum absolute atomic E-state index is 9.95. The summed E-state index contributed by atoms with van der Waals surface area (Å²) < 4.78 is 0. The van der Waals surface area contributed by atoms with E-state index in [1.807, 2.05) is 0 Å². The van der Waals surface area contributed by atoms with Gasteiger partial charge >= 0.3 is 0 Å². The topological polar surface area (TPSA) is 20.2 Å². The first-order valence-electron chi connectivity index (χ1n) is 5.54. The molecule has 1 aliphatic rings. The average Bonchev–Trinajstić information content (AvgIpc) is 2.76. The molecule has 1 aliphatic carbocycles. The molecule has 0 amide bonds. The Bertz CT molecular complexity index is 351. The number of fused-ring (bicyclic) bond motifs is 1. The van der Waals surface area contributed by atoms with Gasteiger partial charge in [0.1, 0.15) is 0 Å². The summed E-state index contributed by atoms with van der Waals surface area (Å²) in [5.74, 6) is 2.61. The smallest absolute Gasteiger partial charge is 0.0882 e. The lowest BCUT2D eigenvalue weighted by Crippen LogP contribution is -1.94. The van der Waals surface area contributed by atoms with Crippen LogP contribution >= 0.6 is 11.3 Å². The third kappa shape index (κ3) is 2.42. The highest BCUT2D eigenvalue weighted by molar-refractivity contribution is 7.12. The van der Waals surface area contributed by atoms with E-state index in [1.54, 1.807) is 11.3 Å². The predicted octanol–water partition coefficient (Wildman–Crippen LogP) is 3.07. The number of thiophene rings is 1. The molecule has 0 saturated carbocycles. The van der Waals surface area contributed by atoms with Gasteiger partial charge in [0.05, 0.1) is 6.10 Å². The second-order valence-corrected chi connectivity index (χ2v) is 5.23. The van der Waals surface area contributed by atoms with Gasteiger partial charge in [-0.3, -0.25) is 0 Å². The van der Waals surface area contributed by atoms with Gasteiger partial charge in [-0.05, 0) is 43.7 Å². The molecule has 2 heteroatoms. The summed E-state index contributed by atoms with van der Waals surface area (Å²) in [6.07, 6.45) is 11.1. The van der Waals surface area contributed by atoms with Crippen LogP contribution < -0.4 is 0 Å². The van der Waals surface area contributed by atoms with Crippen molar-refractivity contribution >= 4 is 11.3 Å². The number of terminal acetylenes is 1. The van der Waals surface area contributed by atoms with Gasteiger partial charge in [-0.25, -0.2) is 0 Å². The van der Waals surface area contributed by atoms with Crippen molar-refractivity contribution in [1.82, 2.24) is 0 Å². The molecule has 1 atom stereocenters. The zero-order valence-electron chi connectivity index (χ0n) is 8.83. The summed E-state index contributed by atoms with van der Waals surface area (Å²) in [6.45, 7) is 0. The van der Waals surface area contributed by atoms with Gasteiger partial charge in [0.2, 0.25) is 0 Å². The van der Waals surface area contributed by atoms with Crippen molar-refractivity contribution in [3.63, 3.8) is 0 Å². The van der Waals surface area contributed by atoms with Crippen molar-refractivity contribution in [2.45, 2.75) is 44.6 Å². The Hall–Kier alpha value is -0.780. The highest BCUT2D eigenvalue weighted by Crippen LogP contribution is 2.35. The molecule has 0 saturated heterocycles. The Kier molecular flexibility index (Phi) is 3.45. The van der Waals surface area contributed by atoms with E-state index in [1.165, 1.54) is 29.7 Å². The van der Waals surface area contributed by atoms with Gasteiger partial charge in [0, 0.05) is 16.2 Å². The Morgan fingerprint density at radius 3 is 3.13 bits per heavy atom. The Balaban J connectivity index is 1.94. The summed E-state index contributed by atoms with van der Waals surface area (Å²) in [5, 5.41) is 9.95. The van der Waals surface area contributed by atoms with Gasteiger partial charge < -0.3 is 5.11 Å². The van der Waals surface area contributed by atoms with E-state index in [9.17, 15) is 5.11 Å². The lowest BCUT2D eigenvalue weighted by atomic mass is 10.1. The minimum atomic E-state index is -0.297. The SMILES string of the molecule is C#CCCCC(O)c1cc2c(s1)CCC2. The summed E-state index contributed by atoms with van der Waals surface area (Å²) in [5.41, 5.74) is 1.46. The molecule has 1 heterocycles. The van der Waals surface area contributed by atoms with Crippen LogP contribution in [0.25, 0.3) is 0 Å². The van der Waals surface area contributed by atoms with Crippen LogP contribution in [0.2, 0.25) is 0 Å². The molecular formula is C13H16OS. The fraction of sp³-hybridized carbons (Fsp3) is 0.538. The van der Waals surface area contributed by atoms with Gasteiger partial charge in [0.15, 0.2) is 0 Å². The third-order valence-electron chi connectivity index (χ3n) is 2.89. The van der Waals surface area contributed by atoms with E-state index >= 15 is 0 Å². The first kappa shape index (κ1) is 10.7. The molecule has 0 spiro atoms. The van der Waals surface area contributed by atoms with Crippen LogP contribution in [0.3, 0.4) is 0 Å². The van der Waals surface area contributed by atoms with Crippen LogP contribution in [0.15, 0.2) is 6.07 Å². The fourth-order valence-electron chi connectivity index (χ4n) is 2.06. The molecule has 0 fully saturated rings. The number of hydrogen-bond acceptors (Lipinski definition) is 2. The number of hydrogen-bond donors (Lipinski definition) is 1. The van der Waals surface area contributed by atoms with Crippen molar-refractivity contribution in [3.8, 4) is 12.3 Å². The lowest BCUT2D eigenvalue weighted by molar-refractivity contribution is 0.169. The number of aliphatic hydroxyl groups is 1. The molecule has 0 aromatic carbocycles. The molecule has 1 N–H and O–H groups in total. The first-order chi connectivity index (χ1) is 7.31. The summed E-state index contributed by atoms with van der Waals surface area (Å²) in [4.78, 5) is 2.62. The highest BCUT2D eigenvalue weighted by atomic mass is 32.1. The van der Waals surface area contributed by atoms with E-state index in [2.05, 4.69) is 12.0 Å². The van der Waals surface area contributed by atoms with Crippen molar-refractivity contribution < 1.29 is 5.11 Å². The number of aryl methyl sites for hydroxylation is 2. The van der Waals surface area contributed by atoms with E-state index < -0.39 is 0 Å². The quantitative estimate of drug-likeness (QED) is 0.610. The summed E-state index contributed by atoms with van der Waals surface area (Å²) in [6, 6.07) is 2.19. The van der Waals surface area contributed by atoms with Crippen LogP contribution in [0.4, 0.5) is 0 Å². The number of rotatable bonds is 4. The Morgan fingerprint density at radius 2 is 2.40 bits per heavy atom. The number of aliphatic hydroxyl groups excluding tert-OH is 1. The first-order valence-corrected chi connectivity index (χ1v) is 6.36. The van der Waals surface area contributed by atoms with Crippen molar-refractivity contribution in [1.29, 1.82) is 0 Å². The monoisotopic (exact) mass is 220 g/mol. The van der Waals surface area contributed by atoms with Crippen LogP contribution in [0.1, 0.15) is 47.1 Å². The molecule has 80 valence electrons. The summed E-state index contributed by atoms with van der Waals surface area (Å²) >= 11 is 1.79. The molecule has 1 aromatic heterocycles. The van der Waals surface area contributed by atoms with Crippen molar-refractivity contribution in [2.24, 2.45) is 0 Å². The maximum atomic E-state index is 9.95. The zero-order valence-corrected chi connectivity index (χ0v) is 9.65. The van der Waals surface area contributed by atoms with E-state index in [0.29, 0.717) is 0 Å². The van der Waals surface area contributed by atoms with Crippen LogP contribution in [0.5, 0.6) is 0 Å². The van der Waals surface area contributed by atoms with E-state index in [-0.39, 0.29) is 6.10 Å². The van der Waals surface area contributed by atoms with E-state index in [0.717, 1.165) is 24.1 Å². The number of unbranched alkanes of at least 4 members (excludes halogenated alkanes) is 1. The molecular weight excluding hydrogens is 204 g/mol. The highest BCUT2D eigenvalue weighted by Gasteiger charge is 2.18. The molecule has 1 unspecified atom stereocenters. The van der Waals surface area contributed by atoms with Gasteiger partial charge in [-0.1, -0.05) is 0 Å². The Morgan fingerprint density at radius 1 is 1.53 bits per heavy atom. The third-order valence-corrected chi connectivity index (χ3v) is 4.23. The standard InChI is InChI=1S/C13H16OS/c1-2-3-4-7-11(14)13-9-10-6-5-8-12(10)15-13/h1,9,11,14H,3-8H2. The predicted molar refractivity (Wildman–Crippen MR) is 64.0 cm³/mol.